The highest BCUT2D eigenvalue weighted by molar-refractivity contribution is 5.39. The Kier molecular flexibility index (Phi) is 3.23. The molecule has 2 unspecified atom stereocenters. The van der Waals surface area contributed by atoms with Crippen LogP contribution >= 0.6 is 0 Å². The number of nitrogen functional groups attached to an aromatic ring is 1. The van der Waals surface area contributed by atoms with E-state index in [0.717, 1.165) is 30.9 Å². The lowest BCUT2D eigenvalue weighted by Gasteiger charge is -2.17. The number of anilines is 1. The van der Waals surface area contributed by atoms with Gasteiger partial charge in [-0.2, -0.15) is 0 Å². The highest BCUT2D eigenvalue weighted by atomic mass is 16.5. The maximum absolute atomic E-state index is 5.87. The van der Waals surface area contributed by atoms with E-state index in [1.165, 1.54) is 0 Å². The first kappa shape index (κ1) is 10.5. The molecule has 0 radical (unpaired) electrons. The zero-order valence-electron chi connectivity index (χ0n) is 8.98. The monoisotopic (exact) mass is 207 g/mol. The minimum Gasteiger partial charge on any atom is -0.399 e. The van der Waals surface area contributed by atoms with E-state index in [0.29, 0.717) is 0 Å². The van der Waals surface area contributed by atoms with Crippen LogP contribution in [-0.2, 0) is 9.47 Å². The Balaban J connectivity index is 1.94. The topological polar surface area (TPSA) is 44.5 Å². The number of ether oxygens (including phenoxy) is 2. The Morgan fingerprint density at radius 2 is 2.13 bits per heavy atom. The van der Waals surface area contributed by atoms with Gasteiger partial charge in [0.25, 0.3) is 0 Å². The fourth-order valence-electron chi connectivity index (χ4n) is 1.75. The Morgan fingerprint density at radius 3 is 2.73 bits per heavy atom. The second kappa shape index (κ2) is 4.64. The summed E-state index contributed by atoms with van der Waals surface area (Å²) in [5.74, 6) is 0. The van der Waals surface area contributed by atoms with Gasteiger partial charge in [0.05, 0.1) is 18.8 Å². The number of hydrogen-bond acceptors (Lipinski definition) is 3. The molecule has 0 spiro atoms. The van der Waals surface area contributed by atoms with Crippen molar-refractivity contribution in [3.63, 3.8) is 0 Å². The molecule has 0 aromatic heterocycles. The average Bonchev–Trinajstić information content (AvgIpc) is 2.71. The van der Waals surface area contributed by atoms with Gasteiger partial charge in [0.2, 0.25) is 0 Å². The van der Waals surface area contributed by atoms with Crippen LogP contribution in [-0.4, -0.2) is 19.3 Å². The Morgan fingerprint density at radius 1 is 1.40 bits per heavy atom. The summed E-state index contributed by atoms with van der Waals surface area (Å²) in [6.45, 7) is 3.60. The van der Waals surface area contributed by atoms with E-state index in [1.807, 2.05) is 24.3 Å². The summed E-state index contributed by atoms with van der Waals surface area (Å²) in [5.41, 5.74) is 7.58. The molecule has 3 heteroatoms. The molecule has 0 aliphatic carbocycles. The standard InChI is InChI=1S/C12H17NO2/c1-9(15-12-6-7-14-8-12)10-2-4-11(13)5-3-10/h2-5,9,12H,6-8,13H2,1H3. The zero-order valence-corrected chi connectivity index (χ0v) is 8.98. The van der Waals surface area contributed by atoms with E-state index in [1.54, 1.807) is 0 Å². The Bertz CT molecular complexity index is 304. The molecule has 1 aromatic rings. The molecular formula is C12H17NO2. The van der Waals surface area contributed by atoms with Gasteiger partial charge in [-0.1, -0.05) is 12.1 Å². The minimum absolute atomic E-state index is 0.109. The van der Waals surface area contributed by atoms with Gasteiger partial charge in [-0.05, 0) is 31.0 Å². The van der Waals surface area contributed by atoms with Gasteiger partial charge in [0.1, 0.15) is 0 Å². The smallest absolute Gasteiger partial charge is 0.0838 e. The fraction of sp³-hybridized carbons (Fsp3) is 0.500. The first-order valence-electron chi connectivity index (χ1n) is 5.34. The van der Waals surface area contributed by atoms with Crippen molar-refractivity contribution in [2.45, 2.75) is 25.6 Å². The zero-order chi connectivity index (χ0) is 10.7. The summed E-state index contributed by atoms with van der Waals surface area (Å²) in [6.07, 6.45) is 1.36. The highest BCUT2D eigenvalue weighted by Gasteiger charge is 2.19. The third kappa shape index (κ3) is 2.70. The summed E-state index contributed by atoms with van der Waals surface area (Å²) in [4.78, 5) is 0. The number of hydrogen-bond donors (Lipinski definition) is 1. The SMILES string of the molecule is CC(OC1CCOC1)c1ccc(N)cc1. The Hall–Kier alpha value is -1.06. The van der Waals surface area contributed by atoms with E-state index in [9.17, 15) is 0 Å². The summed E-state index contributed by atoms with van der Waals surface area (Å²) in [5, 5.41) is 0. The van der Waals surface area contributed by atoms with Crippen LogP contribution < -0.4 is 5.73 Å². The molecule has 2 rings (SSSR count). The van der Waals surface area contributed by atoms with Crippen LogP contribution in [0.2, 0.25) is 0 Å². The fourth-order valence-corrected chi connectivity index (χ4v) is 1.75. The van der Waals surface area contributed by atoms with Gasteiger partial charge in [-0.3, -0.25) is 0 Å². The molecule has 1 aliphatic rings. The lowest BCUT2D eigenvalue weighted by atomic mass is 10.1. The maximum atomic E-state index is 5.87. The van der Waals surface area contributed by atoms with E-state index >= 15 is 0 Å². The molecule has 3 nitrogen and oxygen atoms in total. The molecule has 2 atom stereocenters. The van der Waals surface area contributed by atoms with Crippen molar-refractivity contribution in [1.82, 2.24) is 0 Å². The van der Waals surface area contributed by atoms with Crippen molar-refractivity contribution in [3.05, 3.63) is 29.8 Å². The van der Waals surface area contributed by atoms with Gasteiger partial charge in [-0.15, -0.1) is 0 Å². The number of nitrogens with two attached hydrogens (primary N) is 1. The average molecular weight is 207 g/mol. The number of benzene rings is 1. The minimum atomic E-state index is 0.109. The highest BCUT2D eigenvalue weighted by Crippen LogP contribution is 2.22. The predicted octanol–water partition coefficient (Wildman–Crippen LogP) is 2.14. The summed E-state index contributed by atoms with van der Waals surface area (Å²) in [7, 11) is 0. The molecule has 0 saturated carbocycles. The molecule has 1 saturated heterocycles. The first-order chi connectivity index (χ1) is 7.25. The molecule has 2 N–H and O–H groups in total. The van der Waals surface area contributed by atoms with Gasteiger partial charge < -0.3 is 15.2 Å². The lowest BCUT2D eigenvalue weighted by molar-refractivity contribution is -0.00765. The van der Waals surface area contributed by atoms with Crippen LogP contribution in [0, 0.1) is 0 Å². The summed E-state index contributed by atoms with van der Waals surface area (Å²) >= 11 is 0. The van der Waals surface area contributed by atoms with E-state index in [-0.39, 0.29) is 12.2 Å². The first-order valence-corrected chi connectivity index (χ1v) is 5.34. The van der Waals surface area contributed by atoms with Gasteiger partial charge in [-0.25, -0.2) is 0 Å². The molecule has 82 valence electrons. The van der Waals surface area contributed by atoms with Crippen molar-refractivity contribution in [2.24, 2.45) is 0 Å². The molecule has 1 aromatic carbocycles. The van der Waals surface area contributed by atoms with Crippen molar-refractivity contribution < 1.29 is 9.47 Å². The maximum Gasteiger partial charge on any atom is 0.0838 e. The largest absolute Gasteiger partial charge is 0.399 e. The van der Waals surface area contributed by atoms with Gasteiger partial charge in [0.15, 0.2) is 0 Å². The normalized spacial score (nSPS) is 22.9. The molecule has 0 bridgehead atoms. The molecular weight excluding hydrogens is 190 g/mol. The molecule has 1 heterocycles. The summed E-state index contributed by atoms with van der Waals surface area (Å²) < 4.78 is 11.1. The van der Waals surface area contributed by atoms with Gasteiger partial charge >= 0.3 is 0 Å². The molecule has 15 heavy (non-hydrogen) atoms. The van der Waals surface area contributed by atoms with Crippen LogP contribution in [0.25, 0.3) is 0 Å². The third-order valence-corrected chi connectivity index (χ3v) is 2.69. The molecule has 1 fully saturated rings. The van der Waals surface area contributed by atoms with Crippen LogP contribution in [0.15, 0.2) is 24.3 Å². The second-order valence-electron chi connectivity index (χ2n) is 3.93. The van der Waals surface area contributed by atoms with E-state index < -0.39 is 0 Å². The van der Waals surface area contributed by atoms with Crippen LogP contribution in [0.4, 0.5) is 5.69 Å². The van der Waals surface area contributed by atoms with Crippen LogP contribution in [0.1, 0.15) is 25.0 Å². The second-order valence-corrected chi connectivity index (χ2v) is 3.93. The number of rotatable bonds is 3. The lowest BCUT2D eigenvalue weighted by Crippen LogP contribution is -2.15. The van der Waals surface area contributed by atoms with Crippen molar-refractivity contribution in [1.29, 1.82) is 0 Å². The van der Waals surface area contributed by atoms with Crippen molar-refractivity contribution in [2.75, 3.05) is 18.9 Å². The quantitative estimate of drug-likeness (QED) is 0.772. The van der Waals surface area contributed by atoms with Crippen LogP contribution in [0.5, 0.6) is 0 Å². The predicted molar refractivity (Wildman–Crippen MR) is 59.6 cm³/mol. The van der Waals surface area contributed by atoms with Crippen molar-refractivity contribution in [3.8, 4) is 0 Å². The van der Waals surface area contributed by atoms with E-state index in [2.05, 4.69) is 6.92 Å². The van der Waals surface area contributed by atoms with Crippen molar-refractivity contribution >= 4 is 5.69 Å². The van der Waals surface area contributed by atoms with Gasteiger partial charge in [0, 0.05) is 12.3 Å². The molecule has 1 aliphatic heterocycles. The Labute approximate surface area is 90.2 Å². The molecule has 0 amide bonds. The summed E-state index contributed by atoms with van der Waals surface area (Å²) in [6, 6.07) is 7.83. The third-order valence-electron chi connectivity index (χ3n) is 2.69. The van der Waals surface area contributed by atoms with E-state index in [4.69, 9.17) is 15.2 Å². The van der Waals surface area contributed by atoms with Crippen LogP contribution in [0.3, 0.4) is 0 Å².